The fourth-order valence-corrected chi connectivity index (χ4v) is 2.82. The molecule has 0 unspecified atom stereocenters. The van der Waals surface area contributed by atoms with Crippen molar-refractivity contribution >= 4 is 15.9 Å². The maximum atomic E-state index is 12.0. The number of carbonyl (C=O) groups excluding carboxylic acids is 1. The number of rotatable bonds is 10. The zero-order chi connectivity index (χ0) is 17.3. The summed E-state index contributed by atoms with van der Waals surface area (Å²) in [5, 5.41) is 2.71. The third kappa shape index (κ3) is 6.98. The van der Waals surface area contributed by atoms with E-state index in [4.69, 9.17) is 9.47 Å². The lowest BCUT2D eigenvalue weighted by Crippen LogP contribution is -2.40. The Morgan fingerprint density at radius 3 is 2.57 bits per heavy atom. The van der Waals surface area contributed by atoms with E-state index >= 15 is 0 Å². The van der Waals surface area contributed by atoms with Crippen LogP contribution in [-0.4, -0.2) is 58.8 Å². The first-order valence-electron chi connectivity index (χ1n) is 7.21. The molecule has 0 saturated heterocycles. The van der Waals surface area contributed by atoms with Crippen molar-refractivity contribution in [1.29, 1.82) is 0 Å². The van der Waals surface area contributed by atoms with Crippen molar-refractivity contribution in [2.24, 2.45) is 0 Å². The Morgan fingerprint density at radius 2 is 1.96 bits per heavy atom. The van der Waals surface area contributed by atoms with E-state index in [2.05, 4.69) is 5.32 Å². The predicted molar refractivity (Wildman–Crippen MR) is 87.8 cm³/mol. The Kier molecular flexibility index (Phi) is 8.01. The largest absolute Gasteiger partial charge is 0.496 e. The molecule has 0 radical (unpaired) electrons. The minimum absolute atomic E-state index is 0.211. The van der Waals surface area contributed by atoms with Gasteiger partial charge in [0, 0.05) is 32.4 Å². The first-order chi connectivity index (χ1) is 10.9. The van der Waals surface area contributed by atoms with Gasteiger partial charge < -0.3 is 14.8 Å². The van der Waals surface area contributed by atoms with Gasteiger partial charge in [0.2, 0.25) is 15.9 Å². The molecule has 0 aliphatic carbocycles. The van der Waals surface area contributed by atoms with Crippen LogP contribution in [0.2, 0.25) is 0 Å². The highest BCUT2D eigenvalue weighted by atomic mass is 32.2. The van der Waals surface area contributed by atoms with Crippen molar-refractivity contribution in [3.05, 3.63) is 29.8 Å². The quantitative estimate of drug-likeness (QED) is 0.629. The van der Waals surface area contributed by atoms with Crippen LogP contribution in [0.4, 0.5) is 0 Å². The topological polar surface area (TPSA) is 84.9 Å². The molecule has 0 fully saturated rings. The normalized spacial score (nSPS) is 11.5. The van der Waals surface area contributed by atoms with Crippen LogP contribution in [0.25, 0.3) is 0 Å². The minimum Gasteiger partial charge on any atom is -0.496 e. The number of carbonyl (C=O) groups is 1. The van der Waals surface area contributed by atoms with E-state index in [1.807, 2.05) is 18.2 Å². The van der Waals surface area contributed by atoms with E-state index in [0.717, 1.165) is 16.1 Å². The van der Waals surface area contributed by atoms with Gasteiger partial charge in [-0.2, -0.15) is 4.31 Å². The Balaban J connectivity index is 2.58. The molecule has 0 aliphatic rings. The van der Waals surface area contributed by atoms with Crippen molar-refractivity contribution in [2.45, 2.75) is 13.0 Å². The molecule has 8 heteroatoms. The van der Waals surface area contributed by atoms with Crippen LogP contribution in [0.15, 0.2) is 24.3 Å². The second-order valence-electron chi connectivity index (χ2n) is 5.03. The summed E-state index contributed by atoms with van der Waals surface area (Å²) in [6, 6.07) is 7.32. The number of ether oxygens (including phenoxy) is 2. The van der Waals surface area contributed by atoms with Gasteiger partial charge in [0.25, 0.3) is 0 Å². The van der Waals surface area contributed by atoms with Gasteiger partial charge in [-0.1, -0.05) is 18.2 Å². The third-order valence-corrected chi connectivity index (χ3v) is 4.46. The number of hydrogen-bond donors (Lipinski definition) is 1. The number of para-hydroxylation sites is 1. The van der Waals surface area contributed by atoms with Crippen molar-refractivity contribution in [3.63, 3.8) is 0 Å². The van der Waals surface area contributed by atoms with E-state index in [9.17, 15) is 13.2 Å². The molecule has 0 spiro atoms. The predicted octanol–water partition coefficient (Wildman–Crippen LogP) is 0.610. The highest BCUT2D eigenvalue weighted by molar-refractivity contribution is 7.88. The molecule has 23 heavy (non-hydrogen) atoms. The number of benzene rings is 1. The minimum atomic E-state index is -3.44. The summed E-state index contributed by atoms with van der Waals surface area (Å²) in [4.78, 5) is 12.0. The summed E-state index contributed by atoms with van der Waals surface area (Å²) in [7, 11) is -0.340. The molecule has 0 bridgehead atoms. The fraction of sp³-hybridized carbons (Fsp3) is 0.533. The van der Waals surface area contributed by atoms with Gasteiger partial charge in [-0.15, -0.1) is 0 Å². The second-order valence-corrected chi connectivity index (χ2v) is 7.01. The van der Waals surface area contributed by atoms with Gasteiger partial charge in [0.15, 0.2) is 0 Å². The smallest absolute Gasteiger partial charge is 0.235 e. The average molecular weight is 344 g/mol. The Morgan fingerprint density at radius 1 is 1.26 bits per heavy atom. The molecule has 0 atom stereocenters. The number of hydrogen-bond acceptors (Lipinski definition) is 5. The van der Waals surface area contributed by atoms with Crippen molar-refractivity contribution in [2.75, 3.05) is 40.2 Å². The molecule has 1 rings (SSSR count). The monoisotopic (exact) mass is 344 g/mol. The van der Waals surface area contributed by atoms with Gasteiger partial charge in [0.05, 0.1) is 19.9 Å². The van der Waals surface area contributed by atoms with Crippen LogP contribution in [0.1, 0.15) is 12.0 Å². The number of methoxy groups -OCH3 is 2. The van der Waals surface area contributed by atoms with Crippen LogP contribution >= 0.6 is 0 Å². The van der Waals surface area contributed by atoms with E-state index in [0.29, 0.717) is 18.8 Å². The lowest BCUT2D eigenvalue weighted by molar-refractivity contribution is -0.121. The van der Waals surface area contributed by atoms with Crippen molar-refractivity contribution in [3.8, 4) is 5.75 Å². The molecule has 130 valence electrons. The van der Waals surface area contributed by atoms with Gasteiger partial charge in [0.1, 0.15) is 5.75 Å². The van der Waals surface area contributed by atoms with Gasteiger partial charge in [-0.25, -0.2) is 8.42 Å². The standard InChI is InChI=1S/C15H24N2O5S/c1-21-10-6-9-17(23(3,19)20)12-15(18)16-11-13-7-4-5-8-14(13)22-2/h4-5,7-8H,6,9-12H2,1-3H3,(H,16,18). The molecular weight excluding hydrogens is 320 g/mol. The van der Waals surface area contributed by atoms with Gasteiger partial charge in [-0.05, 0) is 12.5 Å². The van der Waals surface area contributed by atoms with E-state index in [1.54, 1.807) is 20.3 Å². The molecule has 0 heterocycles. The van der Waals surface area contributed by atoms with Crippen molar-refractivity contribution in [1.82, 2.24) is 9.62 Å². The second kappa shape index (κ2) is 9.49. The van der Waals surface area contributed by atoms with E-state index in [1.165, 1.54) is 0 Å². The molecule has 1 aromatic carbocycles. The Hall–Kier alpha value is -1.64. The summed E-state index contributed by atoms with van der Waals surface area (Å²) in [5.41, 5.74) is 0.827. The number of sulfonamides is 1. The lowest BCUT2D eigenvalue weighted by Gasteiger charge is -2.19. The third-order valence-electron chi connectivity index (χ3n) is 3.21. The SMILES string of the molecule is COCCCN(CC(=O)NCc1ccccc1OC)S(C)(=O)=O. The van der Waals surface area contributed by atoms with Crippen LogP contribution in [0, 0.1) is 0 Å². The zero-order valence-corrected chi connectivity index (χ0v) is 14.6. The van der Waals surface area contributed by atoms with Gasteiger partial charge in [-0.3, -0.25) is 4.79 Å². The van der Waals surface area contributed by atoms with Crippen LogP contribution in [-0.2, 0) is 26.1 Å². The van der Waals surface area contributed by atoms with Crippen LogP contribution in [0.3, 0.4) is 0 Å². The van der Waals surface area contributed by atoms with Crippen molar-refractivity contribution < 1.29 is 22.7 Å². The maximum absolute atomic E-state index is 12.0. The molecule has 1 aromatic rings. The van der Waals surface area contributed by atoms with E-state index in [-0.39, 0.29) is 25.5 Å². The molecule has 0 aliphatic heterocycles. The molecule has 1 N–H and O–H groups in total. The lowest BCUT2D eigenvalue weighted by atomic mass is 10.2. The first-order valence-corrected chi connectivity index (χ1v) is 9.06. The average Bonchev–Trinajstić information content (AvgIpc) is 2.51. The van der Waals surface area contributed by atoms with Crippen LogP contribution in [0.5, 0.6) is 5.75 Å². The highest BCUT2D eigenvalue weighted by Gasteiger charge is 2.19. The maximum Gasteiger partial charge on any atom is 0.235 e. The summed E-state index contributed by atoms with van der Waals surface area (Å²) >= 11 is 0. The molecular formula is C15H24N2O5S. The molecule has 0 aromatic heterocycles. The molecule has 7 nitrogen and oxygen atoms in total. The van der Waals surface area contributed by atoms with Gasteiger partial charge >= 0.3 is 0 Å². The summed E-state index contributed by atoms with van der Waals surface area (Å²) < 4.78 is 34.7. The highest BCUT2D eigenvalue weighted by Crippen LogP contribution is 2.16. The fourth-order valence-electron chi connectivity index (χ4n) is 2.01. The Labute approximate surface area is 137 Å². The Bertz CT molecular complexity index is 604. The number of nitrogens with zero attached hydrogens (tertiary/aromatic N) is 1. The van der Waals surface area contributed by atoms with E-state index < -0.39 is 10.0 Å². The number of amides is 1. The zero-order valence-electron chi connectivity index (χ0n) is 13.7. The molecule has 0 saturated carbocycles. The summed E-state index contributed by atoms with van der Waals surface area (Å²) in [6.45, 7) is 0.750. The van der Waals surface area contributed by atoms with Crippen LogP contribution < -0.4 is 10.1 Å². The summed E-state index contributed by atoms with van der Waals surface area (Å²) in [6.07, 6.45) is 1.62. The first kappa shape index (κ1) is 19.4. The summed E-state index contributed by atoms with van der Waals surface area (Å²) in [5.74, 6) is 0.312. The number of nitrogens with one attached hydrogen (secondary N) is 1. The molecule has 1 amide bonds.